The van der Waals surface area contributed by atoms with Crippen LogP contribution in [-0.2, 0) is 0 Å². The Balaban J connectivity index is 0.00000196. The number of amides is 1. The number of carboxylic acid groups (broad SMARTS) is 1. The number of hydrogen-bond donors (Lipinski definition) is 2. The Morgan fingerprint density at radius 1 is 1.40 bits per heavy atom. The third-order valence-electron chi connectivity index (χ3n) is 2.74. The average Bonchev–Trinajstić information content (AvgIpc) is 2.31. The van der Waals surface area contributed by atoms with Crippen LogP contribution in [0.3, 0.4) is 0 Å². The van der Waals surface area contributed by atoms with E-state index in [2.05, 4.69) is 0 Å². The predicted molar refractivity (Wildman–Crippen MR) is 62.5 cm³/mol. The predicted octanol–water partition coefficient (Wildman–Crippen LogP) is 2.07. The highest BCUT2D eigenvalue weighted by Gasteiger charge is 2.36. The number of rotatable bonds is 1. The molecule has 5 heteroatoms. The summed E-state index contributed by atoms with van der Waals surface area (Å²) in [6, 6.07) is 0.270. The Labute approximate surface area is 97.2 Å². The number of halogens is 1. The van der Waals surface area contributed by atoms with Crippen molar-refractivity contribution in [3.8, 4) is 0 Å². The molecule has 1 saturated carbocycles. The van der Waals surface area contributed by atoms with Crippen LogP contribution in [0.15, 0.2) is 0 Å². The van der Waals surface area contributed by atoms with Crippen LogP contribution in [0, 0.1) is 0 Å². The van der Waals surface area contributed by atoms with Crippen LogP contribution in [0.25, 0.3) is 0 Å². The Bertz CT molecular complexity index is 228. The third kappa shape index (κ3) is 3.54. The molecule has 1 fully saturated rings. The SMILES string of the molecule is CC(C)(C)N(C(=O)O)[C@H]1CC[C@H](N)C1.Cl. The second kappa shape index (κ2) is 5.03. The first-order valence-electron chi connectivity index (χ1n) is 5.10. The Morgan fingerprint density at radius 2 is 1.93 bits per heavy atom. The maximum Gasteiger partial charge on any atom is 0.407 e. The van der Waals surface area contributed by atoms with E-state index < -0.39 is 6.09 Å². The summed E-state index contributed by atoms with van der Waals surface area (Å²) in [5.41, 5.74) is 5.45. The topological polar surface area (TPSA) is 66.6 Å². The van der Waals surface area contributed by atoms with Gasteiger partial charge in [-0.15, -0.1) is 12.4 Å². The van der Waals surface area contributed by atoms with Crippen molar-refractivity contribution in [3.05, 3.63) is 0 Å². The van der Waals surface area contributed by atoms with Crippen LogP contribution < -0.4 is 5.73 Å². The average molecular weight is 237 g/mol. The van der Waals surface area contributed by atoms with Crippen LogP contribution in [0.5, 0.6) is 0 Å². The van der Waals surface area contributed by atoms with Crippen LogP contribution in [-0.4, -0.2) is 33.7 Å². The van der Waals surface area contributed by atoms with Crippen molar-refractivity contribution in [2.24, 2.45) is 5.73 Å². The van der Waals surface area contributed by atoms with E-state index in [1.165, 1.54) is 0 Å². The Hall–Kier alpha value is -0.480. The van der Waals surface area contributed by atoms with Gasteiger partial charge in [-0.1, -0.05) is 0 Å². The van der Waals surface area contributed by atoms with Gasteiger partial charge in [0.15, 0.2) is 0 Å². The van der Waals surface area contributed by atoms with Crippen molar-refractivity contribution in [2.45, 2.75) is 57.7 Å². The van der Waals surface area contributed by atoms with Gasteiger partial charge in [-0.2, -0.15) is 0 Å². The van der Waals surface area contributed by atoms with E-state index in [9.17, 15) is 4.79 Å². The largest absolute Gasteiger partial charge is 0.465 e. The van der Waals surface area contributed by atoms with Gasteiger partial charge in [-0.25, -0.2) is 4.79 Å². The van der Waals surface area contributed by atoms with Gasteiger partial charge in [0.05, 0.1) is 0 Å². The van der Waals surface area contributed by atoms with Crippen LogP contribution in [0.2, 0.25) is 0 Å². The molecule has 0 aromatic heterocycles. The maximum absolute atomic E-state index is 11.1. The van der Waals surface area contributed by atoms with E-state index in [-0.39, 0.29) is 30.0 Å². The first-order chi connectivity index (χ1) is 6.32. The summed E-state index contributed by atoms with van der Waals surface area (Å²) in [4.78, 5) is 12.7. The molecular formula is C10H21ClN2O2. The van der Waals surface area contributed by atoms with E-state index in [0.29, 0.717) is 0 Å². The van der Waals surface area contributed by atoms with Crippen molar-refractivity contribution in [1.29, 1.82) is 0 Å². The molecule has 0 saturated heterocycles. The normalized spacial score (nSPS) is 25.9. The minimum absolute atomic E-state index is 0. The van der Waals surface area contributed by atoms with E-state index in [1.54, 1.807) is 4.90 Å². The van der Waals surface area contributed by atoms with Gasteiger partial charge >= 0.3 is 6.09 Å². The summed E-state index contributed by atoms with van der Waals surface area (Å²) in [5.74, 6) is 0. The van der Waals surface area contributed by atoms with Gasteiger partial charge in [0.1, 0.15) is 0 Å². The molecule has 15 heavy (non-hydrogen) atoms. The molecule has 0 bridgehead atoms. The zero-order chi connectivity index (χ0) is 10.9. The Kier molecular flexibility index (Phi) is 4.87. The van der Waals surface area contributed by atoms with Crippen molar-refractivity contribution in [2.75, 3.05) is 0 Å². The number of nitrogens with two attached hydrogens (primary N) is 1. The van der Waals surface area contributed by atoms with Crippen LogP contribution in [0.1, 0.15) is 40.0 Å². The highest BCUT2D eigenvalue weighted by Crippen LogP contribution is 2.28. The number of hydrogen-bond acceptors (Lipinski definition) is 2. The molecule has 4 nitrogen and oxygen atoms in total. The maximum atomic E-state index is 11.1. The zero-order valence-corrected chi connectivity index (χ0v) is 10.4. The minimum atomic E-state index is -0.836. The molecule has 0 aromatic carbocycles. The molecule has 90 valence electrons. The first-order valence-corrected chi connectivity index (χ1v) is 5.10. The molecule has 0 spiro atoms. The smallest absolute Gasteiger partial charge is 0.407 e. The van der Waals surface area contributed by atoms with Gasteiger partial charge < -0.3 is 15.7 Å². The number of nitrogens with zero attached hydrogens (tertiary/aromatic N) is 1. The van der Waals surface area contributed by atoms with Crippen LogP contribution >= 0.6 is 12.4 Å². The lowest BCUT2D eigenvalue weighted by atomic mass is 10.0. The molecule has 0 aromatic rings. The highest BCUT2D eigenvalue weighted by atomic mass is 35.5. The van der Waals surface area contributed by atoms with Gasteiger partial charge in [-0.05, 0) is 40.0 Å². The number of carbonyl (C=O) groups is 1. The molecular weight excluding hydrogens is 216 g/mol. The van der Waals surface area contributed by atoms with Crippen LogP contribution in [0.4, 0.5) is 4.79 Å². The fraction of sp³-hybridized carbons (Fsp3) is 0.900. The lowest BCUT2D eigenvalue weighted by molar-refractivity contribution is 0.0716. The van der Waals surface area contributed by atoms with Crippen molar-refractivity contribution in [3.63, 3.8) is 0 Å². The molecule has 0 aliphatic heterocycles. The van der Waals surface area contributed by atoms with Crippen molar-refractivity contribution < 1.29 is 9.90 Å². The van der Waals surface area contributed by atoms with Gasteiger partial charge in [-0.3, -0.25) is 0 Å². The summed E-state index contributed by atoms with van der Waals surface area (Å²) in [7, 11) is 0. The lowest BCUT2D eigenvalue weighted by Gasteiger charge is -2.38. The molecule has 0 radical (unpaired) electrons. The molecule has 0 heterocycles. The fourth-order valence-electron chi connectivity index (χ4n) is 2.22. The van der Waals surface area contributed by atoms with Crippen molar-refractivity contribution in [1.82, 2.24) is 4.90 Å². The molecule has 0 unspecified atom stereocenters. The molecule has 1 amide bonds. The zero-order valence-electron chi connectivity index (χ0n) is 9.56. The lowest BCUT2D eigenvalue weighted by Crippen LogP contribution is -2.50. The quantitative estimate of drug-likeness (QED) is 0.733. The van der Waals surface area contributed by atoms with Crippen molar-refractivity contribution >= 4 is 18.5 Å². The summed E-state index contributed by atoms with van der Waals surface area (Å²) in [6.07, 6.45) is 1.79. The minimum Gasteiger partial charge on any atom is -0.465 e. The summed E-state index contributed by atoms with van der Waals surface area (Å²) >= 11 is 0. The van der Waals surface area contributed by atoms with Gasteiger partial charge in [0, 0.05) is 17.6 Å². The van der Waals surface area contributed by atoms with E-state index >= 15 is 0 Å². The van der Waals surface area contributed by atoms with E-state index in [1.807, 2.05) is 20.8 Å². The summed E-state index contributed by atoms with van der Waals surface area (Å²) in [6.45, 7) is 5.76. The summed E-state index contributed by atoms with van der Waals surface area (Å²) in [5, 5.41) is 9.14. The standard InChI is InChI=1S/C10H20N2O2.ClH/c1-10(2,3)12(9(13)14)8-5-4-7(11)6-8;/h7-8H,4-6,11H2,1-3H3,(H,13,14);1H/t7-,8-;/m0./s1. The van der Waals surface area contributed by atoms with E-state index in [4.69, 9.17) is 10.8 Å². The summed E-state index contributed by atoms with van der Waals surface area (Å²) < 4.78 is 0. The monoisotopic (exact) mass is 236 g/mol. The fourth-order valence-corrected chi connectivity index (χ4v) is 2.22. The Morgan fingerprint density at radius 3 is 2.20 bits per heavy atom. The highest BCUT2D eigenvalue weighted by molar-refractivity contribution is 5.85. The molecule has 1 rings (SSSR count). The van der Waals surface area contributed by atoms with Gasteiger partial charge in [0.25, 0.3) is 0 Å². The van der Waals surface area contributed by atoms with E-state index in [0.717, 1.165) is 19.3 Å². The molecule has 3 N–H and O–H groups in total. The molecule has 1 aliphatic carbocycles. The van der Waals surface area contributed by atoms with Gasteiger partial charge in [0.2, 0.25) is 0 Å². The second-order valence-corrected chi connectivity index (χ2v) is 5.05. The first kappa shape index (κ1) is 14.5. The third-order valence-corrected chi connectivity index (χ3v) is 2.74. The molecule has 1 aliphatic rings. The second-order valence-electron chi connectivity index (χ2n) is 5.05. The molecule has 2 atom stereocenters.